The number of hydrogen-bond donors (Lipinski definition) is 1. The van der Waals surface area contributed by atoms with E-state index in [1.54, 1.807) is 35.3 Å². The van der Waals surface area contributed by atoms with E-state index in [4.69, 9.17) is 9.47 Å². The molecule has 0 aliphatic rings. The number of ether oxygens (including phenoxy) is 2. The van der Waals surface area contributed by atoms with Crippen LogP contribution in [-0.2, 0) is 6.54 Å². The van der Waals surface area contributed by atoms with Gasteiger partial charge in [-0.2, -0.15) is 5.10 Å². The second-order valence-corrected chi connectivity index (χ2v) is 8.16. The Balaban J connectivity index is 1.43. The maximum Gasteiger partial charge on any atom is 0.255 e. The highest BCUT2D eigenvalue weighted by Gasteiger charge is 2.21. The van der Waals surface area contributed by atoms with E-state index in [9.17, 15) is 9.18 Å². The van der Waals surface area contributed by atoms with E-state index in [0.717, 1.165) is 11.3 Å². The van der Waals surface area contributed by atoms with Gasteiger partial charge < -0.3 is 14.8 Å². The lowest BCUT2D eigenvalue weighted by Crippen LogP contribution is -2.24. The predicted molar refractivity (Wildman–Crippen MR) is 131 cm³/mol. The van der Waals surface area contributed by atoms with Crippen molar-refractivity contribution in [3.8, 4) is 23.1 Å². The Morgan fingerprint density at radius 2 is 1.77 bits per heavy atom. The SMILES string of the molecule is CCOc1ccccc1Oc1ccc(CNC(=O)c2cnn(-c3ccc(F)cc3)c2C(C)C)cn1. The van der Waals surface area contributed by atoms with Crippen LogP contribution in [0.5, 0.6) is 17.4 Å². The molecule has 35 heavy (non-hydrogen) atoms. The second kappa shape index (κ2) is 10.8. The van der Waals surface area contributed by atoms with Crippen molar-refractivity contribution in [2.45, 2.75) is 33.2 Å². The van der Waals surface area contributed by atoms with Gasteiger partial charge in [-0.25, -0.2) is 14.1 Å². The molecule has 0 atom stereocenters. The molecule has 0 saturated carbocycles. The van der Waals surface area contributed by atoms with Crippen LogP contribution in [0.4, 0.5) is 4.39 Å². The van der Waals surface area contributed by atoms with Crippen molar-refractivity contribution in [2.75, 3.05) is 6.61 Å². The molecule has 4 aromatic rings. The second-order valence-electron chi connectivity index (χ2n) is 8.16. The number of para-hydroxylation sites is 2. The first kappa shape index (κ1) is 23.9. The molecule has 1 N–H and O–H groups in total. The van der Waals surface area contributed by atoms with Crippen LogP contribution in [0.15, 0.2) is 73.1 Å². The van der Waals surface area contributed by atoms with Crippen molar-refractivity contribution < 1.29 is 18.7 Å². The Kier molecular flexibility index (Phi) is 7.40. The largest absolute Gasteiger partial charge is 0.490 e. The van der Waals surface area contributed by atoms with Crippen molar-refractivity contribution in [3.05, 3.63) is 95.7 Å². The van der Waals surface area contributed by atoms with Gasteiger partial charge in [-0.1, -0.05) is 32.0 Å². The minimum absolute atomic E-state index is 0.0287. The molecule has 2 aromatic carbocycles. The normalized spacial score (nSPS) is 10.9. The van der Waals surface area contributed by atoms with Crippen LogP contribution in [0.2, 0.25) is 0 Å². The summed E-state index contributed by atoms with van der Waals surface area (Å²) in [7, 11) is 0. The van der Waals surface area contributed by atoms with Gasteiger partial charge in [0, 0.05) is 18.8 Å². The number of hydrogen-bond acceptors (Lipinski definition) is 5. The van der Waals surface area contributed by atoms with Crippen LogP contribution < -0.4 is 14.8 Å². The summed E-state index contributed by atoms with van der Waals surface area (Å²) < 4.78 is 26.4. The fourth-order valence-electron chi connectivity index (χ4n) is 3.65. The first-order chi connectivity index (χ1) is 17.0. The molecule has 0 aliphatic carbocycles. The number of carbonyl (C=O) groups excluding carboxylic acids is 1. The zero-order valence-electron chi connectivity index (χ0n) is 19.9. The third-order valence-electron chi connectivity index (χ3n) is 5.28. The maximum absolute atomic E-state index is 13.3. The standard InChI is InChI=1S/C27H27FN4O3/c1-4-34-23-7-5-6-8-24(23)35-25-14-9-19(15-29-25)16-30-27(33)22-17-31-32(26(22)18(2)3)21-12-10-20(28)11-13-21/h5-15,17-18H,4,16H2,1-3H3,(H,30,33). The Morgan fingerprint density at radius 1 is 1.03 bits per heavy atom. The van der Waals surface area contributed by atoms with E-state index in [1.165, 1.54) is 12.1 Å². The predicted octanol–water partition coefficient (Wildman–Crippen LogP) is 5.65. The Hall–Kier alpha value is -4.20. The van der Waals surface area contributed by atoms with Crippen LogP contribution >= 0.6 is 0 Å². The van der Waals surface area contributed by atoms with E-state index in [2.05, 4.69) is 15.4 Å². The fraction of sp³-hybridized carbons (Fsp3) is 0.222. The lowest BCUT2D eigenvalue weighted by molar-refractivity contribution is 0.0949. The molecule has 2 aromatic heterocycles. The van der Waals surface area contributed by atoms with E-state index < -0.39 is 0 Å². The summed E-state index contributed by atoms with van der Waals surface area (Å²) in [5.74, 6) is 1.12. The van der Waals surface area contributed by atoms with Gasteiger partial charge in [0.05, 0.1) is 29.7 Å². The van der Waals surface area contributed by atoms with Gasteiger partial charge in [0.1, 0.15) is 5.82 Å². The number of amides is 1. The first-order valence-electron chi connectivity index (χ1n) is 11.4. The lowest BCUT2D eigenvalue weighted by Gasteiger charge is -2.13. The molecule has 1 amide bonds. The van der Waals surface area contributed by atoms with Crippen molar-refractivity contribution in [1.82, 2.24) is 20.1 Å². The Bertz CT molecular complexity index is 1280. The molecule has 0 bridgehead atoms. The summed E-state index contributed by atoms with van der Waals surface area (Å²) >= 11 is 0. The highest BCUT2D eigenvalue weighted by molar-refractivity contribution is 5.95. The van der Waals surface area contributed by atoms with E-state index in [-0.39, 0.29) is 17.6 Å². The smallest absolute Gasteiger partial charge is 0.255 e. The van der Waals surface area contributed by atoms with Gasteiger partial charge in [0.2, 0.25) is 5.88 Å². The van der Waals surface area contributed by atoms with Crippen molar-refractivity contribution in [1.29, 1.82) is 0 Å². The van der Waals surface area contributed by atoms with Gasteiger partial charge >= 0.3 is 0 Å². The number of halogens is 1. The van der Waals surface area contributed by atoms with Gasteiger partial charge in [-0.15, -0.1) is 0 Å². The zero-order chi connectivity index (χ0) is 24.8. The van der Waals surface area contributed by atoms with E-state index in [0.29, 0.717) is 41.8 Å². The number of pyridine rings is 1. The molecule has 0 aliphatic heterocycles. The van der Waals surface area contributed by atoms with Crippen molar-refractivity contribution in [3.63, 3.8) is 0 Å². The molecule has 0 saturated heterocycles. The molecule has 0 spiro atoms. The molecule has 8 heteroatoms. The molecular formula is C27H27FN4O3. The molecule has 7 nitrogen and oxygen atoms in total. The van der Waals surface area contributed by atoms with Crippen LogP contribution in [-0.4, -0.2) is 27.3 Å². The third-order valence-corrected chi connectivity index (χ3v) is 5.28. The Morgan fingerprint density at radius 3 is 2.43 bits per heavy atom. The monoisotopic (exact) mass is 474 g/mol. The molecule has 4 rings (SSSR count). The number of aromatic nitrogens is 3. The minimum atomic E-state index is -0.325. The first-order valence-corrected chi connectivity index (χ1v) is 11.4. The molecule has 2 heterocycles. The summed E-state index contributed by atoms with van der Waals surface area (Å²) in [6, 6.07) is 17.0. The van der Waals surface area contributed by atoms with Crippen LogP contribution in [0.3, 0.4) is 0 Å². The summed E-state index contributed by atoms with van der Waals surface area (Å²) in [6.45, 7) is 6.71. The maximum atomic E-state index is 13.3. The topological polar surface area (TPSA) is 78.3 Å². The number of rotatable bonds is 9. The third kappa shape index (κ3) is 5.66. The Labute approximate surface area is 203 Å². The van der Waals surface area contributed by atoms with E-state index >= 15 is 0 Å². The van der Waals surface area contributed by atoms with Crippen LogP contribution in [0.25, 0.3) is 5.69 Å². The van der Waals surface area contributed by atoms with Crippen LogP contribution in [0, 0.1) is 5.82 Å². The number of benzene rings is 2. The number of nitrogens with zero attached hydrogens (tertiary/aromatic N) is 3. The van der Waals surface area contributed by atoms with Crippen LogP contribution in [0.1, 0.15) is 48.3 Å². The van der Waals surface area contributed by atoms with Gasteiger partial charge in [-0.05, 0) is 54.8 Å². The average molecular weight is 475 g/mol. The minimum Gasteiger partial charge on any atom is -0.490 e. The summed E-state index contributed by atoms with van der Waals surface area (Å²) in [6.07, 6.45) is 3.20. The van der Waals surface area contributed by atoms with Gasteiger partial charge in [0.15, 0.2) is 11.5 Å². The molecule has 0 unspecified atom stereocenters. The highest BCUT2D eigenvalue weighted by atomic mass is 19.1. The van der Waals surface area contributed by atoms with Gasteiger partial charge in [0.25, 0.3) is 5.91 Å². The fourth-order valence-corrected chi connectivity index (χ4v) is 3.65. The van der Waals surface area contributed by atoms with E-state index in [1.807, 2.05) is 51.1 Å². The molecule has 180 valence electrons. The molecular weight excluding hydrogens is 447 g/mol. The zero-order valence-corrected chi connectivity index (χ0v) is 19.9. The lowest BCUT2D eigenvalue weighted by atomic mass is 10.0. The quantitative estimate of drug-likeness (QED) is 0.339. The highest BCUT2D eigenvalue weighted by Crippen LogP contribution is 2.30. The number of nitrogens with one attached hydrogen (secondary N) is 1. The number of carbonyl (C=O) groups is 1. The summed E-state index contributed by atoms with van der Waals surface area (Å²) in [5.41, 5.74) is 2.74. The summed E-state index contributed by atoms with van der Waals surface area (Å²) in [5, 5.41) is 7.31. The van der Waals surface area contributed by atoms with Crippen molar-refractivity contribution in [2.24, 2.45) is 0 Å². The van der Waals surface area contributed by atoms with Crippen molar-refractivity contribution >= 4 is 5.91 Å². The average Bonchev–Trinajstić information content (AvgIpc) is 3.31. The van der Waals surface area contributed by atoms with Gasteiger partial charge in [-0.3, -0.25) is 4.79 Å². The molecule has 0 radical (unpaired) electrons. The summed E-state index contributed by atoms with van der Waals surface area (Å²) in [4.78, 5) is 17.3. The molecule has 0 fully saturated rings.